The number of nitrogens with two attached hydrogens (primary N) is 1. The molecule has 1 aliphatic carbocycles. The highest BCUT2D eigenvalue weighted by Gasteiger charge is 2.26. The molecule has 4 heterocycles. The van der Waals surface area contributed by atoms with Crippen LogP contribution in [0.4, 0.5) is 5.82 Å². The van der Waals surface area contributed by atoms with Crippen LogP contribution in [0.2, 0.25) is 5.02 Å². The first-order chi connectivity index (χ1) is 16.0. The van der Waals surface area contributed by atoms with Gasteiger partial charge in [0.25, 0.3) is 0 Å². The van der Waals surface area contributed by atoms with Crippen LogP contribution < -0.4 is 11.1 Å². The lowest BCUT2D eigenvalue weighted by Gasteiger charge is -2.12. The SMILES string of the molecule is CC(=O)c1cnc(N)c2c(C#Cc3cc4ncn(C5CC5)c4cc3Cl)nn(C3CCNC3)c12. The maximum Gasteiger partial charge on any atom is 0.163 e. The van der Waals surface area contributed by atoms with Gasteiger partial charge in [-0.05, 0) is 50.8 Å². The van der Waals surface area contributed by atoms with Gasteiger partial charge < -0.3 is 15.6 Å². The summed E-state index contributed by atoms with van der Waals surface area (Å²) >= 11 is 6.59. The Morgan fingerprint density at radius 3 is 2.79 bits per heavy atom. The van der Waals surface area contributed by atoms with Crippen LogP contribution in [0.25, 0.3) is 21.9 Å². The average molecular weight is 460 g/mol. The molecule has 0 amide bonds. The van der Waals surface area contributed by atoms with Crippen molar-refractivity contribution < 1.29 is 4.79 Å². The molecule has 33 heavy (non-hydrogen) atoms. The lowest BCUT2D eigenvalue weighted by atomic mass is 10.1. The van der Waals surface area contributed by atoms with E-state index in [4.69, 9.17) is 22.4 Å². The number of imidazole rings is 1. The summed E-state index contributed by atoms with van der Waals surface area (Å²) in [6.45, 7) is 3.19. The molecule has 3 N–H and O–H groups in total. The first-order valence-electron chi connectivity index (χ1n) is 11.1. The number of benzene rings is 1. The second-order valence-corrected chi connectivity index (χ2v) is 9.14. The number of ketones is 1. The zero-order valence-corrected chi connectivity index (χ0v) is 18.9. The Hall–Kier alpha value is -3.41. The number of nitrogen functional groups attached to an aromatic ring is 1. The van der Waals surface area contributed by atoms with Crippen molar-refractivity contribution in [2.75, 3.05) is 18.8 Å². The third kappa shape index (κ3) is 3.36. The van der Waals surface area contributed by atoms with Crippen molar-refractivity contribution in [1.29, 1.82) is 0 Å². The van der Waals surface area contributed by atoms with Gasteiger partial charge in [0.1, 0.15) is 11.5 Å². The minimum absolute atomic E-state index is 0.0844. The summed E-state index contributed by atoms with van der Waals surface area (Å²) in [6.07, 6.45) is 6.66. The molecular weight excluding hydrogens is 438 g/mol. The number of aromatic nitrogens is 5. The quantitative estimate of drug-likeness (QED) is 0.359. The molecule has 3 aromatic heterocycles. The van der Waals surface area contributed by atoms with Crippen molar-refractivity contribution in [1.82, 2.24) is 29.6 Å². The van der Waals surface area contributed by atoms with E-state index in [0.29, 0.717) is 44.6 Å². The second kappa shape index (κ2) is 7.58. The van der Waals surface area contributed by atoms with Gasteiger partial charge in [0.05, 0.1) is 44.9 Å². The van der Waals surface area contributed by atoms with E-state index in [-0.39, 0.29) is 11.8 Å². The zero-order valence-electron chi connectivity index (χ0n) is 18.1. The number of carbonyl (C=O) groups is 1. The average Bonchev–Trinajstić information content (AvgIpc) is 3.19. The second-order valence-electron chi connectivity index (χ2n) is 8.73. The summed E-state index contributed by atoms with van der Waals surface area (Å²) in [4.78, 5) is 21.1. The van der Waals surface area contributed by atoms with Crippen LogP contribution in [-0.4, -0.2) is 43.2 Å². The van der Waals surface area contributed by atoms with Crippen LogP contribution in [-0.2, 0) is 0 Å². The predicted molar refractivity (Wildman–Crippen MR) is 127 cm³/mol. The first kappa shape index (κ1) is 20.2. The molecule has 0 spiro atoms. The van der Waals surface area contributed by atoms with Gasteiger partial charge in [0, 0.05) is 24.3 Å². The van der Waals surface area contributed by atoms with E-state index in [1.165, 1.54) is 26.0 Å². The van der Waals surface area contributed by atoms with Crippen molar-refractivity contribution in [2.24, 2.45) is 0 Å². The van der Waals surface area contributed by atoms with E-state index in [2.05, 4.69) is 31.7 Å². The molecule has 1 aliphatic heterocycles. The molecule has 1 saturated heterocycles. The zero-order chi connectivity index (χ0) is 22.7. The Morgan fingerprint density at radius 1 is 1.21 bits per heavy atom. The Kier molecular flexibility index (Phi) is 4.64. The number of rotatable bonds is 3. The molecule has 1 saturated carbocycles. The van der Waals surface area contributed by atoms with E-state index in [0.717, 1.165) is 30.5 Å². The molecule has 166 valence electrons. The third-order valence-electron chi connectivity index (χ3n) is 6.43. The fourth-order valence-corrected chi connectivity index (χ4v) is 4.77. The van der Waals surface area contributed by atoms with Crippen LogP contribution >= 0.6 is 11.6 Å². The highest BCUT2D eigenvalue weighted by molar-refractivity contribution is 6.32. The molecule has 4 aromatic rings. The summed E-state index contributed by atoms with van der Waals surface area (Å²) in [6, 6.07) is 4.48. The molecule has 2 aliphatic rings. The number of carbonyl (C=O) groups excluding carboxylic acids is 1. The number of hydrogen-bond acceptors (Lipinski definition) is 6. The molecule has 6 rings (SSSR count). The Balaban J connectivity index is 1.50. The normalized spacial score (nSPS) is 18.1. The van der Waals surface area contributed by atoms with Gasteiger partial charge in [-0.3, -0.25) is 9.48 Å². The molecule has 9 heteroatoms. The van der Waals surface area contributed by atoms with Crippen molar-refractivity contribution in [3.8, 4) is 11.8 Å². The third-order valence-corrected chi connectivity index (χ3v) is 6.75. The first-order valence-corrected chi connectivity index (χ1v) is 11.5. The smallest absolute Gasteiger partial charge is 0.163 e. The maximum atomic E-state index is 12.3. The molecule has 1 atom stereocenters. The largest absolute Gasteiger partial charge is 0.383 e. The Bertz CT molecular complexity index is 1500. The molecular formula is C24H22ClN7O. The summed E-state index contributed by atoms with van der Waals surface area (Å²) in [5, 5.41) is 9.31. The monoisotopic (exact) mass is 459 g/mol. The highest BCUT2D eigenvalue weighted by Crippen LogP contribution is 2.38. The van der Waals surface area contributed by atoms with Crippen LogP contribution in [0.3, 0.4) is 0 Å². The van der Waals surface area contributed by atoms with Crippen LogP contribution in [0.15, 0.2) is 24.7 Å². The number of fused-ring (bicyclic) bond motifs is 2. The molecule has 1 aromatic carbocycles. The van der Waals surface area contributed by atoms with Gasteiger partial charge in [0.2, 0.25) is 0 Å². The van der Waals surface area contributed by atoms with Gasteiger partial charge in [-0.25, -0.2) is 9.97 Å². The van der Waals surface area contributed by atoms with E-state index in [9.17, 15) is 4.79 Å². The van der Waals surface area contributed by atoms with Crippen molar-refractivity contribution in [3.63, 3.8) is 0 Å². The number of anilines is 1. The minimum atomic E-state index is -0.0844. The lowest BCUT2D eigenvalue weighted by molar-refractivity contribution is 0.101. The van der Waals surface area contributed by atoms with Crippen molar-refractivity contribution in [3.05, 3.63) is 46.5 Å². The van der Waals surface area contributed by atoms with Crippen LogP contribution in [0, 0.1) is 11.8 Å². The van der Waals surface area contributed by atoms with Crippen LogP contribution in [0.1, 0.15) is 59.9 Å². The number of pyridine rings is 1. The highest BCUT2D eigenvalue weighted by atomic mass is 35.5. The van der Waals surface area contributed by atoms with E-state index in [1.54, 1.807) is 0 Å². The summed E-state index contributed by atoms with van der Waals surface area (Å²) in [5.41, 5.74) is 10.5. The number of nitrogens with zero attached hydrogens (tertiary/aromatic N) is 5. The van der Waals surface area contributed by atoms with E-state index in [1.807, 2.05) is 23.1 Å². The lowest BCUT2D eigenvalue weighted by Crippen LogP contribution is -2.15. The number of hydrogen-bond donors (Lipinski definition) is 2. The predicted octanol–water partition coefficient (Wildman–Crippen LogP) is 3.49. The Labute approximate surface area is 195 Å². The fraction of sp³-hybridized carbons (Fsp3) is 0.333. The minimum Gasteiger partial charge on any atom is -0.383 e. The van der Waals surface area contributed by atoms with E-state index >= 15 is 0 Å². The van der Waals surface area contributed by atoms with E-state index < -0.39 is 0 Å². The fourth-order valence-electron chi connectivity index (χ4n) is 4.57. The summed E-state index contributed by atoms with van der Waals surface area (Å²) in [7, 11) is 0. The molecule has 1 unspecified atom stereocenters. The van der Waals surface area contributed by atoms with Gasteiger partial charge in [-0.15, -0.1) is 0 Å². The molecule has 0 bridgehead atoms. The van der Waals surface area contributed by atoms with Crippen LogP contribution in [0.5, 0.6) is 0 Å². The molecule has 0 radical (unpaired) electrons. The van der Waals surface area contributed by atoms with Gasteiger partial charge >= 0.3 is 0 Å². The number of Topliss-reactive ketones (excluding diaryl/α,β-unsaturated/α-hetero) is 1. The molecule has 2 fully saturated rings. The summed E-state index contributed by atoms with van der Waals surface area (Å²) in [5.74, 6) is 6.53. The molecule has 8 nitrogen and oxygen atoms in total. The number of nitrogens with one attached hydrogen (secondary N) is 1. The van der Waals surface area contributed by atoms with Gasteiger partial charge in [-0.1, -0.05) is 17.5 Å². The topological polar surface area (TPSA) is 104 Å². The summed E-state index contributed by atoms with van der Waals surface area (Å²) < 4.78 is 4.06. The van der Waals surface area contributed by atoms with Crippen molar-refractivity contribution >= 4 is 45.1 Å². The number of halogens is 1. The van der Waals surface area contributed by atoms with Crippen molar-refractivity contribution in [2.45, 2.75) is 38.3 Å². The van der Waals surface area contributed by atoms with Gasteiger partial charge in [0.15, 0.2) is 5.78 Å². The van der Waals surface area contributed by atoms with Gasteiger partial charge in [-0.2, -0.15) is 5.10 Å². The maximum absolute atomic E-state index is 12.3. The Morgan fingerprint density at radius 2 is 2.06 bits per heavy atom. The standard InChI is InChI=1S/C24H22ClN7O/c1-13(33)17-11-28-24(26)22-19(30-32(23(17)22)16-6-7-27-10-16)5-2-14-8-20-21(9-18(14)25)31(12-29-20)15-3-4-15/h8-9,11-12,15-16,27H,3-4,6-7,10H2,1H3,(H2,26,28).